The molecule has 0 amide bonds. The third-order valence-electron chi connectivity index (χ3n) is 5.87. The number of unbranched alkanes of at least 4 members (excludes halogenated alkanes) is 6. The summed E-state index contributed by atoms with van der Waals surface area (Å²) in [6.07, 6.45) is 21.2. The Morgan fingerprint density at radius 3 is 1.59 bits per heavy atom. The standard InChI is InChI=1S/C18H41P.C7H12O5S/c1-5-9-13-14-18-19(15-10-6-2,16-11-7-3)17-12-8-4;1-6(2)7(8)12-4-3-5-13(9,10)11/h19H,5-18H2,1-4H3;1,3-5H2,2H3,(H,9,10,11). The van der Waals surface area contributed by atoms with E-state index in [-0.39, 0.29) is 18.6 Å². The summed E-state index contributed by atoms with van der Waals surface area (Å²) in [5.74, 6) is -0.966. The number of carbonyl (C=O) groups is 1. The zero-order valence-electron chi connectivity index (χ0n) is 21.7. The molecule has 0 rings (SSSR count). The Kier molecular flexibility index (Phi) is 22.2. The van der Waals surface area contributed by atoms with E-state index < -0.39 is 29.1 Å². The van der Waals surface area contributed by atoms with E-state index in [0.29, 0.717) is 0 Å². The summed E-state index contributed by atoms with van der Waals surface area (Å²) >= 11 is 0. The van der Waals surface area contributed by atoms with E-state index in [1.807, 2.05) is 0 Å². The van der Waals surface area contributed by atoms with Gasteiger partial charge in [-0.15, -0.1) is 0 Å². The first-order chi connectivity index (χ1) is 15.1. The molecule has 1 N–H and O–H groups in total. The minimum absolute atomic E-state index is 0.0362. The summed E-state index contributed by atoms with van der Waals surface area (Å²) in [6.45, 7) is 14.2. The average Bonchev–Trinajstić information content (AvgIpc) is 2.74. The van der Waals surface area contributed by atoms with Crippen molar-refractivity contribution < 1.29 is 22.5 Å². The molecule has 0 fully saturated rings. The molecule has 0 bridgehead atoms. The van der Waals surface area contributed by atoms with E-state index in [0.717, 1.165) is 0 Å². The molecule has 0 aliphatic carbocycles. The van der Waals surface area contributed by atoms with Gasteiger partial charge in [-0.05, 0) is 13.3 Å². The van der Waals surface area contributed by atoms with Crippen LogP contribution >= 0.6 is 7.26 Å². The summed E-state index contributed by atoms with van der Waals surface area (Å²) in [6, 6.07) is 0. The van der Waals surface area contributed by atoms with Gasteiger partial charge in [0.15, 0.2) is 0 Å². The molecule has 0 saturated carbocycles. The van der Waals surface area contributed by atoms with Crippen molar-refractivity contribution in [1.29, 1.82) is 0 Å². The molecule has 32 heavy (non-hydrogen) atoms. The van der Waals surface area contributed by atoms with E-state index in [1.54, 1.807) is 24.6 Å². The van der Waals surface area contributed by atoms with E-state index in [4.69, 9.17) is 4.55 Å². The number of esters is 1. The molecule has 194 valence electrons. The molecule has 0 unspecified atom stereocenters. The monoisotopic (exact) mass is 496 g/mol. The molecule has 0 aliphatic rings. The van der Waals surface area contributed by atoms with Gasteiger partial charge in [-0.2, -0.15) is 8.42 Å². The second kappa shape index (κ2) is 21.1. The van der Waals surface area contributed by atoms with Crippen LogP contribution in [0.2, 0.25) is 0 Å². The van der Waals surface area contributed by atoms with Gasteiger partial charge in [0.25, 0.3) is 10.1 Å². The molecule has 0 atom stereocenters. The van der Waals surface area contributed by atoms with Crippen molar-refractivity contribution in [3.8, 4) is 0 Å². The van der Waals surface area contributed by atoms with Crippen LogP contribution in [0.4, 0.5) is 0 Å². The Balaban J connectivity index is 0. The van der Waals surface area contributed by atoms with Crippen molar-refractivity contribution in [2.45, 2.75) is 105 Å². The van der Waals surface area contributed by atoms with Crippen LogP contribution in [-0.2, 0) is 19.6 Å². The quantitative estimate of drug-likeness (QED) is 0.0678. The maximum atomic E-state index is 10.7. The normalized spacial score (nSPS) is 12.1. The Bertz CT molecular complexity index is 553. The fourth-order valence-electron chi connectivity index (χ4n) is 3.86. The van der Waals surface area contributed by atoms with E-state index >= 15 is 0 Å². The molecule has 0 aromatic carbocycles. The first-order valence-electron chi connectivity index (χ1n) is 12.8. The maximum absolute atomic E-state index is 10.7. The van der Waals surface area contributed by atoms with Gasteiger partial charge in [0, 0.05) is 5.57 Å². The van der Waals surface area contributed by atoms with Crippen LogP contribution in [0, 0.1) is 0 Å². The minimum atomic E-state index is -3.96. The Labute approximate surface area is 200 Å². The predicted molar refractivity (Wildman–Crippen MR) is 143 cm³/mol. The molecule has 0 saturated heterocycles. The molecule has 5 nitrogen and oxygen atoms in total. The van der Waals surface area contributed by atoms with Gasteiger partial charge in [0.1, 0.15) is 0 Å². The van der Waals surface area contributed by atoms with E-state index in [9.17, 15) is 13.2 Å². The summed E-state index contributed by atoms with van der Waals surface area (Å²) in [5, 5.41) is 0. The second-order valence-corrected chi connectivity index (χ2v) is 15.7. The van der Waals surface area contributed by atoms with Crippen LogP contribution in [0.15, 0.2) is 12.2 Å². The van der Waals surface area contributed by atoms with Crippen LogP contribution in [0.25, 0.3) is 0 Å². The summed E-state index contributed by atoms with van der Waals surface area (Å²) in [5.41, 5.74) is 0.256. The number of ether oxygens (including phenoxy) is 1. The molecular weight excluding hydrogens is 443 g/mol. The van der Waals surface area contributed by atoms with Crippen LogP contribution in [0.1, 0.15) is 105 Å². The Morgan fingerprint density at radius 1 is 0.781 bits per heavy atom. The van der Waals surface area contributed by atoms with Crippen molar-refractivity contribution >= 4 is 23.3 Å². The average molecular weight is 497 g/mol. The third-order valence-corrected chi connectivity index (χ3v) is 12.3. The van der Waals surface area contributed by atoms with Gasteiger partial charge < -0.3 is 4.74 Å². The Hall–Kier alpha value is -0.450. The van der Waals surface area contributed by atoms with Gasteiger partial charge in [-0.3, -0.25) is 4.55 Å². The Morgan fingerprint density at radius 2 is 1.22 bits per heavy atom. The molecular formula is C25H53O5PS. The number of carbonyl (C=O) groups excluding carboxylic acids is 1. The summed E-state index contributed by atoms with van der Waals surface area (Å²) in [7, 11) is -4.86. The molecule has 7 heteroatoms. The molecule has 0 aromatic rings. The zero-order valence-corrected chi connectivity index (χ0v) is 23.5. The SMILES string of the molecule is C=C(C)C(=O)OCCCS(=O)(=O)O.CCCCCC[PH](CCCC)(CCCC)CCCC. The van der Waals surface area contributed by atoms with E-state index in [1.165, 1.54) is 71.1 Å². The summed E-state index contributed by atoms with van der Waals surface area (Å²) in [4.78, 5) is 10.7. The molecule has 0 aromatic heterocycles. The number of hydrogen-bond acceptors (Lipinski definition) is 4. The van der Waals surface area contributed by atoms with Crippen LogP contribution in [-0.4, -0.2) is 55.9 Å². The van der Waals surface area contributed by atoms with Crippen molar-refractivity contribution in [1.82, 2.24) is 0 Å². The zero-order chi connectivity index (χ0) is 24.9. The van der Waals surface area contributed by atoms with Gasteiger partial charge >= 0.3 is 130 Å². The first kappa shape index (κ1) is 33.7. The molecule has 0 spiro atoms. The predicted octanol–water partition coefficient (Wildman–Crippen LogP) is 7.10. The van der Waals surface area contributed by atoms with Crippen molar-refractivity contribution in [2.75, 3.05) is 37.0 Å². The molecule has 0 heterocycles. The molecule has 0 aliphatic heterocycles. The van der Waals surface area contributed by atoms with Gasteiger partial charge in [0.05, 0.1) is 12.4 Å². The fraction of sp³-hybridized carbons (Fsp3) is 0.880. The van der Waals surface area contributed by atoms with Crippen molar-refractivity contribution in [2.24, 2.45) is 0 Å². The number of rotatable bonds is 19. The van der Waals surface area contributed by atoms with Gasteiger partial charge in [-0.1, -0.05) is 6.58 Å². The van der Waals surface area contributed by atoms with Gasteiger partial charge in [-0.25, -0.2) is 4.79 Å². The van der Waals surface area contributed by atoms with Crippen LogP contribution in [0.3, 0.4) is 0 Å². The summed E-state index contributed by atoms with van der Waals surface area (Å²) < 4.78 is 33.3. The molecule has 0 radical (unpaired) electrons. The second-order valence-electron chi connectivity index (χ2n) is 9.18. The number of hydrogen-bond donors (Lipinski definition) is 1. The third kappa shape index (κ3) is 21.4. The van der Waals surface area contributed by atoms with Crippen molar-refractivity contribution in [3.05, 3.63) is 12.2 Å². The van der Waals surface area contributed by atoms with Gasteiger partial charge in [0.2, 0.25) is 0 Å². The van der Waals surface area contributed by atoms with Crippen LogP contribution in [0.5, 0.6) is 0 Å². The topological polar surface area (TPSA) is 80.7 Å². The fourth-order valence-corrected chi connectivity index (χ4v) is 10.2. The first-order valence-corrected chi connectivity index (χ1v) is 17.3. The van der Waals surface area contributed by atoms with Crippen LogP contribution < -0.4 is 0 Å². The van der Waals surface area contributed by atoms with Crippen molar-refractivity contribution in [3.63, 3.8) is 0 Å². The van der Waals surface area contributed by atoms with E-state index in [2.05, 4.69) is 39.0 Å².